The van der Waals surface area contributed by atoms with Crippen LogP contribution >= 0.6 is 11.8 Å². The molecule has 0 saturated heterocycles. The number of carbonyl (C=O) groups excluding carboxylic acids is 1. The van der Waals surface area contributed by atoms with Crippen molar-refractivity contribution < 1.29 is 9.53 Å². The maximum absolute atomic E-state index is 12.0. The van der Waals surface area contributed by atoms with Gasteiger partial charge in [0.1, 0.15) is 5.75 Å². The van der Waals surface area contributed by atoms with E-state index in [4.69, 9.17) is 4.74 Å². The Hall–Kier alpha value is -2.02. The molecule has 6 nitrogen and oxygen atoms in total. The zero-order chi connectivity index (χ0) is 16.9. The molecule has 1 aliphatic rings. The van der Waals surface area contributed by atoms with Gasteiger partial charge in [0.25, 0.3) is 0 Å². The second-order valence-electron chi connectivity index (χ2n) is 5.93. The highest BCUT2D eigenvalue weighted by Gasteiger charge is 2.18. The SMILES string of the molecule is COc1cccc(-c2nnc(SCC(=O)NC3CCCC3)n2C)c1. The van der Waals surface area contributed by atoms with Crippen LogP contribution in [0.1, 0.15) is 25.7 Å². The van der Waals surface area contributed by atoms with E-state index < -0.39 is 0 Å². The van der Waals surface area contributed by atoms with Gasteiger partial charge in [-0.15, -0.1) is 10.2 Å². The fourth-order valence-electron chi connectivity index (χ4n) is 2.92. The standard InChI is InChI=1S/C17H22N4O2S/c1-21-16(12-6-5-9-14(10-12)23-2)19-20-17(21)24-11-15(22)18-13-7-3-4-8-13/h5-6,9-10,13H,3-4,7-8,11H2,1-2H3,(H,18,22). The van der Waals surface area contributed by atoms with Crippen molar-refractivity contribution in [2.24, 2.45) is 7.05 Å². The molecule has 0 aliphatic heterocycles. The number of ether oxygens (including phenoxy) is 1. The third-order valence-corrected chi connectivity index (χ3v) is 5.24. The van der Waals surface area contributed by atoms with Crippen LogP contribution in [0, 0.1) is 0 Å². The summed E-state index contributed by atoms with van der Waals surface area (Å²) >= 11 is 1.41. The summed E-state index contributed by atoms with van der Waals surface area (Å²) in [5.41, 5.74) is 0.937. The molecule has 0 radical (unpaired) electrons. The van der Waals surface area contributed by atoms with Crippen LogP contribution in [-0.2, 0) is 11.8 Å². The first-order valence-corrected chi connectivity index (χ1v) is 9.12. The number of amides is 1. The molecule has 1 amide bonds. The molecule has 1 saturated carbocycles. The smallest absolute Gasteiger partial charge is 0.230 e. The summed E-state index contributed by atoms with van der Waals surface area (Å²) in [5, 5.41) is 12.3. The number of hydrogen-bond acceptors (Lipinski definition) is 5. The molecule has 1 aromatic heterocycles. The van der Waals surface area contributed by atoms with Gasteiger partial charge in [-0.05, 0) is 25.0 Å². The summed E-state index contributed by atoms with van der Waals surface area (Å²) in [7, 11) is 3.55. The lowest BCUT2D eigenvalue weighted by molar-refractivity contribution is -0.119. The average molecular weight is 346 g/mol. The Bertz CT molecular complexity index is 710. The molecule has 128 valence electrons. The van der Waals surface area contributed by atoms with Crippen molar-refractivity contribution >= 4 is 17.7 Å². The van der Waals surface area contributed by atoms with Crippen molar-refractivity contribution in [3.8, 4) is 17.1 Å². The highest BCUT2D eigenvalue weighted by molar-refractivity contribution is 7.99. The maximum atomic E-state index is 12.0. The van der Waals surface area contributed by atoms with Crippen LogP contribution in [0.15, 0.2) is 29.4 Å². The summed E-state index contributed by atoms with van der Waals surface area (Å²) in [6.07, 6.45) is 4.62. The molecule has 1 N–H and O–H groups in total. The van der Waals surface area contributed by atoms with Crippen molar-refractivity contribution in [1.29, 1.82) is 0 Å². The number of aromatic nitrogens is 3. The van der Waals surface area contributed by atoms with Gasteiger partial charge in [0, 0.05) is 18.7 Å². The molecular weight excluding hydrogens is 324 g/mol. The van der Waals surface area contributed by atoms with Gasteiger partial charge in [0.2, 0.25) is 5.91 Å². The van der Waals surface area contributed by atoms with Crippen LogP contribution in [-0.4, -0.2) is 39.6 Å². The Morgan fingerprint density at radius 3 is 2.92 bits per heavy atom. The van der Waals surface area contributed by atoms with Crippen molar-refractivity contribution in [3.05, 3.63) is 24.3 Å². The van der Waals surface area contributed by atoms with Gasteiger partial charge >= 0.3 is 0 Å². The van der Waals surface area contributed by atoms with Crippen molar-refractivity contribution in [2.45, 2.75) is 36.9 Å². The number of thioether (sulfide) groups is 1. The van der Waals surface area contributed by atoms with Crippen molar-refractivity contribution in [3.63, 3.8) is 0 Å². The topological polar surface area (TPSA) is 69.0 Å². The number of nitrogens with one attached hydrogen (secondary N) is 1. The molecule has 1 fully saturated rings. The van der Waals surface area contributed by atoms with Crippen molar-refractivity contribution in [2.75, 3.05) is 12.9 Å². The summed E-state index contributed by atoms with van der Waals surface area (Å²) in [6, 6.07) is 8.05. The van der Waals surface area contributed by atoms with Crippen LogP contribution in [0.2, 0.25) is 0 Å². The number of carbonyl (C=O) groups is 1. The molecule has 0 unspecified atom stereocenters. The van der Waals surface area contributed by atoms with Crippen LogP contribution in [0.25, 0.3) is 11.4 Å². The Balaban J connectivity index is 1.63. The molecule has 0 atom stereocenters. The highest BCUT2D eigenvalue weighted by Crippen LogP contribution is 2.25. The van der Waals surface area contributed by atoms with Gasteiger partial charge in [0.05, 0.1) is 12.9 Å². The van der Waals surface area contributed by atoms with E-state index in [0.717, 1.165) is 35.1 Å². The lowest BCUT2D eigenvalue weighted by Gasteiger charge is -2.11. The predicted molar refractivity (Wildman–Crippen MR) is 94.1 cm³/mol. The molecule has 2 aromatic rings. The summed E-state index contributed by atoms with van der Waals surface area (Å²) in [6.45, 7) is 0. The van der Waals surface area contributed by atoms with E-state index in [9.17, 15) is 4.79 Å². The minimum Gasteiger partial charge on any atom is -0.497 e. The first kappa shape index (κ1) is 16.8. The molecule has 3 rings (SSSR count). The lowest BCUT2D eigenvalue weighted by atomic mass is 10.2. The molecule has 0 bridgehead atoms. The molecule has 1 aliphatic carbocycles. The minimum absolute atomic E-state index is 0.0674. The Morgan fingerprint density at radius 2 is 2.17 bits per heavy atom. The van der Waals surface area contributed by atoms with Gasteiger partial charge in [0.15, 0.2) is 11.0 Å². The third kappa shape index (κ3) is 3.90. The Labute approximate surface area is 146 Å². The monoisotopic (exact) mass is 346 g/mol. The molecule has 1 aromatic carbocycles. The van der Waals surface area contributed by atoms with E-state index in [-0.39, 0.29) is 5.91 Å². The highest BCUT2D eigenvalue weighted by atomic mass is 32.2. The fraction of sp³-hybridized carbons (Fsp3) is 0.471. The molecule has 1 heterocycles. The third-order valence-electron chi connectivity index (χ3n) is 4.22. The molecule has 24 heavy (non-hydrogen) atoms. The van der Waals surface area contributed by atoms with Crippen LogP contribution in [0.5, 0.6) is 5.75 Å². The zero-order valence-corrected chi connectivity index (χ0v) is 14.8. The molecule has 0 spiro atoms. The number of methoxy groups -OCH3 is 1. The van der Waals surface area contributed by atoms with Gasteiger partial charge in [-0.25, -0.2) is 0 Å². The minimum atomic E-state index is 0.0674. The molecular formula is C17H22N4O2S. The van der Waals surface area contributed by atoms with E-state index in [1.54, 1.807) is 7.11 Å². The zero-order valence-electron chi connectivity index (χ0n) is 14.0. The van der Waals surface area contributed by atoms with E-state index in [1.807, 2.05) is 35.9 Å². The number of nitrogens with zero attached hydrogens (tertiary/aromatic N) is 3. The fourth-order valence-corrected chi connectivity index (χ4v) is 3.65. The van der Waals surface area contributed by atoms with Gasteiger partial charge < -0.3 is 14.6 Å². The number of hydrogen-bond donors (Lipinski definition) is 1. The van der Waals surface area contributed by atoms with Gasteiger partial charge in [-0.2, -0.15) is 0 Å². The second-order valence-corrected chi connectivity index (χ2v) is 6.88. The summed E-state index contributed by atoms with van der Waals surface area (Å²) in [5.74, 6) is 1.96. The van der Waals surface area contributed by atoms with E-state index in [2.05, 4.69) is 15.5 Å². The number of rotatable bonds is 6. The number of benzene rings is 1. The van der Waals surface area contributed by atoms with E-state index >= 15 is 0 Å². The van der Waals surface area contributed by atoms with Crippen molar-refractivity contribution in [1.82, 2.24) is 20.1 Å². The van der Waals surface area contributed by atoms with E-state index in [0.29, 0.717) is 11.8 Å². The average Bonchev–Trinajstić information content (AvgIpc) is 3.23. The largest absolute Gasteiger partial charge is 0.497 e. The maximum Gasteiger partial charge on any atom is 0.230 e. The summed E-state index contributed by atoms with van der Waals surface area (Å²) in [4.78, 5) is 12.0. The normalized spacial score (nSPS) is 14.8. The molecule has 7 heteroatoms. The lowest BCUT2D eigenvalue weighted by Crippen LogP contribution is -2.33. The quantitative estimate of drug-likeness (QED) is 0.815. The second kappa shape index (κ2) is 7.70. The Morgan fingerprint density at radius 1 is 1.38 bits per heavy atom. The Kier molecular flexibility index (Phi) is 5.40. The summed E-state index contributed by atoms with van der Waals surface area (Å²) < 4.78 is 7.15. The first-order chi connectivity index (χ1) is 11.7. The van der Waals surface area contributed by atoms with Crippen LogP contribution < -0.4 is 10.1 Å². The predicted octanol–water partition coefficient (Wildman–Crippen LogP) is 2.64. The van der Waals surface area contributed by atoms with Gasteiger partial charge in [-0.1, -0.05) is 36.7 Å². The van der Waals surface area contributed by atoms with Crippen LogP contribution in [0.4, 0.5) is 0 Å². The van der Waals surface area contributed by atoms with E-state index in [1.165, 1.54) is 24.6 Å². The van der Waals surface area contributed by atoms with Gasteiger partial charge in [-0.3, -0.25) is 4.79 Å². The van der Waals surface area contributed by atoms with Crippen LogP contribution in [0.3, 0.4) is 0 Å². The first-order valence-electron chi connectivity index (χ1n) is 8.13.